The lowest BCUT2D eigenvalue weighted by molar-refractivity contribution is -0.281. The fourth-order valence-corrected chi connectivity index (χ4v) is 5.28. The van der Waals surface area contributed by atoms with Gasteiger partial charge in [0.15, 0.2) is 5.60 Å². The number of ether oxygens (including phenoxy) is 3. The number of hydrogen-bond donors (Lipinski definition) is 0. The van der Waals surface area contributed by atoms with Crippen molar-refractivity contribution in [2.75, 3.05) is 13.2 Å². The maximum atomic E-state index is 14.2. The average Bonchev–Trinajstić information content (AvgIpc) is 2.90. The zero-order chi connectivity index (χ0) is 29.7. The van der Waals surface area contributed by atoms with Crippen LogP contribution in [-0.4, -0.2) is 35.9 Å². The van der Waals surface area contributed by atoms with Crippen LogP contribution in [0.3, 0.4) is 0 Å². The van der Waals surface area contributed by atoms with E-state index in [-0.39, 0.29) is 6.61 Å². The van der Waals surface area contributed by atoms with Gasteiger partial charge in [0.25, 0.3) is 0 Å². The number of hydrogen-bond acceptors (Lipinski definition) is 5. The zero-order valence-corrected chi connectivity index (χ0v) is 24.1. The number of esters is 1. The third-order valence-electron chi connectivity index (χ3n) is 7.55. The standard InChI is InChI=1S/C33H34F3NO4/c1-19-17-21-9-7-8-10-22(21)28(23-11-12-24-27-20(14-16-39-24)13-15-37-29(23)27)26(19)25(18-40-30(38)31(2,3)4)41-32(5,6)33(34,35)36/h7-13,15,17,25H,14,16,18H2,1-6H3/t25-/m0/s1. The number of fused-ring (bicyclic) bond motifs is 1. The van der Waals surface area contributed by atoms with E-state index in [1.807, 2.05) is 55.5 Å². The molecule has 8 heteroatoms. The Hall–Kier alpha value is -3.65. The largest absolute Gasteiger partial charge is 0.493 e. The van der Waals surface area contributed by atoms with Gasteiger partial charge < -0.3 is 14.2 Å². The normalized spacial score (nSPS) is 14.7. The number of halogens is 3. The summed E-state index contributed by atoms with van der Waals surface area (Å²) < 4.78 is 59.9. The average molecular weight is 566 g/mol. The van der Waals surface area contributed by atoms with Crippen LogP contribution < -0.4 is 4.74 Å². The van der Waals surface area contributed by atoms with E-state index in [1.54, 1.807) is 27.0 Å². The van der Waals surface area contributed by atoms with E-state index in [0.717, 1.165) is 53.3 Å². The third kappa shape index (κ3) is 5.37. The van der Waals surface area contributed by atoms with Crippen molar-refractivity contribution in [2.45, 2.75) is 65.8 Å². The van der Waals surface area contributed by atoms with Crippen molar-refractivity contribution in [2.24, 2.45) is 5.41 Å². The van der Waals surface area contributed by atoms with Crippen LogP contribution in [-0.2, 0) is 20.7 Å². The molecule has 0 aliphatic carbocycles. The van der Waals surface area contributed by atoms with Crippen LogP contribution in [0.2, 0.25) is 0 Å². The molecule has 0 fully saturated rings. The molecule has 1 atom stereocenters. The van der Waals surface area contributed by atoms with E-state index < -0.39 is 29.3 Å². The van der Waals surface area contributed by atoms with Crippen molar-refractivity contribution in [3.05, 3.63) is 71.4 Å². The van der Waals surface area contributed by atoms with Crippen molar-refractivity contribution in [1.29, 1.82) is 0 Å². The Morgan fingerprint density at radius 3 is 2.49 bits per heavy atom. The summed E-state index contributed by atoms with van der Waals surface area (Å²) in [5.74, 6) is 0.193. The highest BCUT2D eigenvalue weighted by Crippen LogP contribution is 2.46. The minimum atomic E-state index is -4.66. The van der Waals surface area contributed by atoms with Crippen molar-refractivity contribution in [3.8, 4) is 16.9 Å². The molecule has 216 valence electrons. The highest BCUT2D eigenvalue weighted by atomic mass is 19.4. The van der Waals surface area contributed by atoms with Crippen LogP contribution in [0.1, 0.15) is 57.4 Å². The molecule has 3 aromatic carbocycles. The number of carbonyl (C=O) groups excluding carboxylic acids is 1. The van der Waals surface area contributed by atoms with Gasteiger partial charge >= 0.3 is 12.1 Å². The van der Waals surface area contributed by atoms with Gasteiger partial charge in [-0.2, -0.15) is 13.2 Å². The van der Waals surface area contributed by atoms with Gasteiger partial charge in [-0.1, -0.05) is 30.3 Å². The fourth-order valence-electron chi connectivity index (χ4n) is 5.28. The van der Waals surface area contributed by atoms with Gasteiger partial charge in [-0.25, -0.2) is 0 Å². The summed E-state index contributed by atoms with van der Waals surface area (Å²) in [6.45, 7) is 9.08. The number of nitrogens with zero attached hydrogens (tertiary/aromatic N) is 1. The molecule has 0 saturated carbocycles. The molecule has 5 rings (SSSR count). The van der Waals surface area contributed by atoms with Gasteiger partial charge in [-0.05, 0) is 92.8 Å². The van der Waals surface area contributed by atoms with Crippen LogP contribution in [0.15, 0.2) is 54.7 Å². The van der Waals surface area contributed by atoms with Crippen molar-refractivity contribution >= 4 is 27.6 Å². The maximum absolute atomic E-state index is 14.2. The highest BCUT2D eigenvalue weighted by Gasteiger charge is 2.50. The predicted octanol–water partition coefficient (Wildman–Crippen LogP) is 8.29. The summed E-state index contributed by atoms with van der Waals surface area (Å²) in [5, 5.41) is 2.63. The Labute approximate surface area is 237 Å². The van der Waals surface area contributed by atoms with Gasteiger partial charge in [0.05, 0.1) is 17.5 Å². The smallest absolute Gasteiger partial charge is 0.416 e. The lowest BCUT2D eigenvalue weighted by atomic mass is 9.85. The number of benzene rings is 3. The van der Waals surface area contributed by atoms with Crippen molar-refractivity contribution in [1.82, 2.24) is 4.98 Å². The van der Waals surface area contributed by atoms with Gasteiger partial charge in [0.1, 0.15) is 18.5 Å². The zero-order valence-electron chi connectivity index (χ0n) is 24.1. The van der Waals surface area contributed by atoms with Crippen LogP contribution in [0.25, 0.3) is 32.8 Å². The summed E-state index contributed by atoms with van der Waals surface area (Å²) >= 11 is 0. The molecule has 5 nitrogen and oxygen atoms in total. The minimum Gasteiger partial charge on any atom is -0.493 e. The number of alkyl halides is 3. The second kappa shape index (κ2) is 10.3. The molecule has 2 heterocycles. The number of aryl methyl sites for hydroxylation is 1. The molecule has 0 radical (unpaired) electrons. The summed E-state index contributed by atoms with van der Waals surface area (Å²) in [5.41, 5.74) is 1.09. The highest BCUT2D eigenvalue weighted by molar-refractivity contribution is 6.08. The van der Waals surface area contributed by atoms with Gasteiger partial charge in [-0.15, -0.1) is 0 Å². The molecule has 1 aliphatic heterocycles. The Morgan fingerprint density at radius 2 is 1.78 bits per heavy atom. The monoisotopic (exact) mass is 565 g/mol. The Kier molecular flexibility index (Phi) is 7.26. The minimum absolute atomic E-state index is 0.389. The van der Waals surface area contributed by atoms with Crippen LogP contribution in [0.4, 0.5) is 13.2 Å². The van der Waals surface area contributed by atoms with Gasteiger partial charge in [-0.3, -0.25) is 9.78 Å². The first-order chi connectivity index (χ1) is 19.2. The van der Waals surface area contributed by atoms with E-state index >= 15 is 0 Å². The topological polar surface area (TPSA) is 57.7 Å². The van der Waals surface area contributed by atoms with Gasteiger partial charge in [0.2, 0.25) is 0 Å². The molecule has 0 N–H and O–H groups in total. The lowest BCUT2D eigenvalue weighted by Gasteiger charge is -2.35. The molecule has 0 bridgehead atoms. The van der Waals surface area contributed by atoms with Crippen LogP contribution in [0.5, 0.6) is 5.75 Å². The first kappa shape index (κ1) is 28.9. The molecular weight excluding hydrogens is 531 g/mol. The third-order valence-corrected chi connectivity index (χ3v) is 7.55. The quantitative estimate of drug-likeness (QED) is 0.220. The molecule has 0 saturated heterocycles. The second-order valence-corrected chi connectivity index (χ2v) is 12.1. The van der Waals surface area contributed by atoms with E-state index in [0.29, 0.717) is 28.8 Å². The van der Waals surface area contributed by atoms with E-state index in [9.17, 15) is 18.0 Å². The van der Waals surface area contributed by atoms with Gasteiger partial charge in [0, 0.05) is 23.6 Å². The second-order valence-electron chi connectivity index (χ2n) is 12.1. The van der Waals surface area contributed by atoms with E-state index in [1.165, 1.54) is 0 Å². The summed E-state index contributed by atoms with van der Waals surface area (Å²) in [6, 6.07) is 15.4. The molecule has 41 heavy (non-hydrogen) atoms. The number of carbonyl (C=O) groups is 1. The Bertz CT molecular complexity index is 1630. The summed E-state index contributed by atoms with van der Waals surface area (Å²) in [6.07, 6.45) is -3.41. The molecule has 0 unspecified atom stereocenters. The number of aromatic nitrogens is 1. The van der Waals surface area contributed by atoms with Crippen LogP contribution >= 0.6 is 0 Å². The fraction of sp³-hybridized carbons (Fsp3) is 0.394. The van der Waals surface area contributed by atoms with Crippen molar-refractivity contribution in [3.63, 3.8) is 0 Å². The van der Waals surface area contributed by atoms with E-state index in [4.69, 9.17) is 19.2 Å². The predicted molar refractivity (Wildman–Crippen MR) is 153 cm³/mol. The molecule has 4 aromatic rings. The molecule has 0 amide bonds. The van der Waals surface area contributed by atoms with Crippen molar-refractivity contribution < 1.29 is 32.2 Å². The summed E-state index contributed by atoms with van der Waals surface area (Å²) in [7, 11) is 0. The number of pyridine rings is 1. The molecular formula is C33H34F3NO4. The van der Waals surface area contributed by atoms with E-state index in [2.05, 4.69) is 0 Å². The molecule has 0 spiro atoms. The molecule has 1 aromatic heterocycles. The Balaban J connectivity index is 1.79. The summed E-state index contributed by atoms with van der Waals surface area (Å²) in [4.78, 5) is 17.5. The number of rotatable bonds is 6. The first-order valence-electron chi connectivity index (χ1n) is 13.7. The first-order valence-corrected chi connectivity index (χ1v) is 13.7. The maximum Gasteiger partial charge on any atom is 0.416 e. The Morgan fingerprint density at radius 1 is 1.05 bits per heavy atom. The lowest BCUT2D eigenvalue weighted by Crippen LogP contribution is -2.43. The van der Waals surface area contributed by atoms with Crippen LogP contribution in [0, 0.1) is 12.3 Å². The molecule has 1 aliphatic rings. The SMILES string of the molecule is Cc1cc2ccccc2c(-c2ccc3c4c(ccnc24)CCO3)c1[C@H](COC(=O)C(C)(C)C)OC(C)(C)C(F)(F)F.